The van der Waals surface area contributed by atoms with Gasteiger partial charge in [0.05, 0.1) is 12.1 Å². The number of hydrogen-bond acceptors (Lipinski definition) is 2. The minimum absolute atomic E-state index is 0.0595. The monoisotopic (exact) mass is 414 g/mol. The van der Waals surface area contributed by atoms with E-state index in [0.717, 1.165) is 10.0 Å². The largest absolute Gasteiger partial charge is 0.322 e. The molecule has 4 nitrogen and oxygen atoms in total. The number of benzene rings is 2. The minimum Gasteiger partial charge on any atom is -0.322 e. The smallest absolute Gasteiger partial charge is 0.257 e. The number of carbonyl (C=O) groups is 1. The lowest BCUT2D eigenvalue weighted by molar-refractivity contribution is 0.102. The van der Waals surface area contributed by atoms with E-state index in [0.29, 0.717) is 16.8 Å². The van der Waals surface area contributed by atoms with E-state index in [9.17, 15) is 14.0 Å². The summed E-state index contributed by atoms with van der Waals surface area (Å²) in [6.45, 7) is 1.95. The third-order valence-electron chi connectivity index (χ3n) is 3.98. The summed E-state index contributed by atoms with van der Waals surface area (Å²) in [6.07, 6.45) is 1.44. The van der Waals surface area contributed by atoms with Gasteiger partial charge < -0.3 is 9.88 Å². The van der Waals surface area contributed by atoms with Crippen LogP contribution >= 0.6 is 15.9 Å². The summed E-state index contributed by atoms with van der Waals surface area (Å²) in [4.78, 5) is 24.6. The fourth-order valence-electron chi connectivity index (χ4n) is 2.56. The Hall–Kier alpha value is -2.73. The highest BCUT2D eigenvalue weighted by atomic mass is 79.9. The second-order valence-corrected chi connectivity index (χ2v) is 6.80. The Kier molecular flexibility index (Phi) is 5.32. The highest BCUT2D eigenvalue weighted by Crippen LogP contribution is 2.20. The Bertz CT molecular complexity index is 1030. The Balaban J connectivity index is 1.86. The SMILES string of the molecule is Cc1cc(Br)ccc1NC(=O)c1ccc(=O)n(Cc2ccccc2F)c1. The fourth-order valence-corrected chi connectivity index (χ4v) is 3.04. The molecule has 0 spiro atoms. The summed E-state index contributed by atoms with van der Waals surface area (Å²) in [5.41, 5.74) is 2.00. The van der Waals surface area contributed by atoms with E-state index in [1.165, 1.54) is 29.0 Å². The third kappa shape index (κ3) is 4.08. The van der Waals surface area contributed by atoms with E-state index in [1.54, 1.807) is 24.3 Å². The van der Waals surface area contributed by atoms with Crippen molar-refractivity contribution < 1.29 is 9.18 Å². The average Bonchev–Trinajstić information content (AvgIpc) is 2.61. The molecule has 6 heteroatoms. The maximum atomic E-state index is 13.8. The molecule has 0 saturated heterocycles. The minimum atomic E-state index is -0.389. The summed E-state index contributed by atoms with van der Waals surface area (Å²) in [7, 11) is 0. The molecule has 0 bridgehead atoms. The molecule has 0 aliphatic carbocycles. The van der Waals surface area contributed by atoms with Crippen LogP contribution in [0.4, 0.5) is 10.1 Å². The zero-order valence-corrected chi connectivity index (χ0v) is 15.6. The molecular weight excluding hydrogens is 399 g/mol. The van der Waals surface area contributed by atoms with E-state index >= 15 is 0 Å². The normalized spacial score (nSPS) is 10.6. The number of nitrogens with one attached hydrogen (secondary N) is 1. The van der Waals surface area contributed by atoms with E-state index < -0.39 is 0 Å². The number of aryl methyl sites for hydroxylation is 1. The van der Waals surface area contributed by atoms with Crippen LogP contribution < -0.4 is 10.9 Å². The van der Waals surface area contributed by atoms with Gasteiger partial charge in [0.15, 0.2) is 0 Å². The van der Waals surface area contributed by atoms with Crippen LogP contribution in [0.2, 0.25) is 0 Å². The summed E-state index contributed by atoms with van der Waals surface area (Å²) in [6, 6.07) is 14.5. The third-order valence-corrected chi connectivity index (χ3v) is 4.47. The molecule has 0 unspecified atom stereocenters. The number of hydrogen-bond donors (Lipinski definition) is 1. The second kappa shape index (κ2) is 7.66. The quantitative estimate of drug-likeness (QED) is 0.689. The van der Waals surface area contributed by atoms with E-state index in [1.807, 2.05) is 19.1 Å². The number of amides is 1. The van der Waals surface area contributed by atoms with Crippen molar-refractivity contribution in [1.82, 2.24) is 4.57 Å². The molecule has 1 heterocycles. The van der Waals surface area contributed by atoms with Gasteiger partial charge in [-0.05, 0) is 42.8 Å². The van der Waals surface area contributed by atoms with Crippen LogP contribution in [0.1, 0.15) is 21.5 Å². The molecule has 3 aromatic rings. The van der Waals surface area contributed by atoms with Crippen LogP contribution in [0.3, 0.4) is 0 Å². The average molecular weight is 415 g/mol. The lowest BCUT2D eigenvalue weighted by atomic mass is 10.2. The molecule has 1 aromatic heterocycles. The topological polar surface area (TPSA) is 51.1 Å². The Morgan fingerprint density at radius 1 is 1.15 bits per heavy atom. The molecule has 1 N–H and O–H groups in total. The highest BCUT2D eigenvalue weighted by molar-refractivity contribution is 9.10. The van der Waals surface area contributed by atoms with Gasteiger partial charge in [-0.2, -0.15) is 0 Å². The van der Waals surface area contributed by atoms with Gasteiger partial charge in [0.25, 0.3) is 11.5 Å². The lowest BCUT2D eigenvalue weighted by Crippen LogP contribution is -2.23. The maximum Gasteiger partial charge on any atom is 0.257 e. The van der Waals surface area contributed by atoms with Gasteiger partial charge in [0, 0.05) is 28.0 Å². The second-order valence-electron chi connectivity index (χ2n) is 5.89. The number of nitrogens with zero attached hydrogens (tertiary/aromatic N) is 1. The standard InChI is InChI=1S/C20H16BrFN2O2/c1-13-10-16(21)7-8-18(13)23-20(26)15-6-9-19(25)24(12-15)11-14-4-2-3-5-17(14)22/h2-10,12H,11H2,1H3,(H,23,26). The first-order chi connectivity index (χ1) is 12.4. The Morgan fingerprint density at radius 3 is 2.65 bits per heavy atom. The zero-order chi connectivity index (χ0) is 18.7. The van der Waals surface area contributed by atoms with E-state index in [-0.39, 0.29) is 23.8 Å². The molecule has 1 amide bonds. The molecule has 3 rings (SSSR count). The molecule has 0 saturated carbocycles. The maximum absolute atomic E-state index is 13.8. The fraction of sp³-hybridized carbons (Fsp3) is 0.100. The Labute approximate surface area is 158 Å². The van der Waals surface area contributed by atoms with Gasteiger partial charge in [-0.1, -0.05) is 34.1 Å². The van der Waals surface area contributed by atoms with Gasteiger partial charge >= 0.3 is 0 Å². The lowest BCUT2D eigenvalue weighted by Gasteiger charge is -2.11. The first kappa shape index (κ1) is 18.1. The van der Waals surface area contributed by atoms with Gasteiger partial charge in [-0.3, -0.25) is 9.59 Å². The van der Waals surface area contributed by atoms with Gasteiger partial charge in [0.1, 0.15) is 5.82 Å². The summed E-state index contributed by atoms with van der Waals surface area (Å²) in [5, 5.41) is 2.83. The number of rotatable bonds is 4. The molecule has 0 fully saturated rings. The predicted molar refractivity (Wildman–Crippen MR) is 103 cm³/mol. The van der Waals surface area contributed by atoms with E-state index in [4.69, 9.17) is 0 Å². The molecule has 0 aliphatic heterocycles. The van der Waals surface area contributed by atoms with Crippen LogP contribution in [0.5, 0.6) is 0 Å². The first-order valence-corrected chi connectivity index (χ1v) is 8.75. The molecule has 2 aromatic carbocycles. The van der Waals surface area contributed by atoms with Crippen molar-refractivity contribution >= 4 is 27.5 Å². The molecular formula is C20H16BrFN2O2. The number of carbonyl (C=O) groups excluding carboxylic acids is 1. The van der Waals surface area contributed by atoms with E-state index in [2.05, 4.69) is 21.2 Å². The van der Waals surface area contributed by atoms with Crippen molar-refractivity contribution in [2.24, 2.45) is 0 Å². The highest BCUT2D eigenvalue weighted by Gasteiger charge is 2.11. The van der Waals surface area contributed by atoms with Crippen molar-refractivity contribution in [3.8, 4) is 0 Å². The summed E-state index contributed by atoms with van der Waals surface area (Å²) in [5.74, 6) is -0.725. The van der Waals surface area contributed by atoms with Crippen LogP contribution in [0, 0.1) is 12.7 Å². The van der Waals surface area contributed by atoms with Crippen molar-refractivity contribution in [1.29, 1.82) is 0 Å². The number of aromatic nitrogens is 1. The molecule has 132 valence electrons. The first-order valence-electron chi connectivity index (χ1n) is 7.95. The number of halogens is 2. The number of anilines is 1. The molecule has 26 heavy (non-hydrogen) atoms. The molecule has 0 radical (unpaired) electrons. The Morgan fingerprint density at radius 2 is 1.92 bits per heavy atom. The van der Waals surface area contributed by atoms with Crippen molar-refractivity contribution in [3.63, 3.8) is 0 Å². The summed E-state index contributed by atoms with van der Waals surface area (Å²) < 4.78 is 16.1. The van der Waals surface area contributed by atoms with Crippen LogP contribution in [0.25, 0.3) is 0 Å². The molecule has 0 atom stereocenters. The molecule has 0 aliphatic rings. The van der Waals surface area contributed by atoms with Gasteiger partial charge in [-0.25, -0.2) is 4.39 Å². The van der Waals surface area contributed by atoms with Gasteiger partial charge in [-0.15, -0.1) is 0 Å². The van der Waals surface area contributed by atoms with Gasteiger partial charge in [0.2, 0.25) is 0 Å². The van der Waals surface area contributed by atoms with Crippen LogP contribution in [-0.2, 0) is 6.54 Å². The van der Waals surface area contributed by atoms with Crippen molar-refractivity contribution in [2.45, 2.75) is 13.5 Å². The van der Waals surface area contributed by atoms with Crippen molar-refractivity contribution in [3.05, 3.63) is 98.1 Å². The van der Waals surface area contributed by atoms with Crippen molar-refractivity contribution in [2.75, 3.05) is 5.32 Å². The summed E-state index contributed by atoms with van der Waals surface area (Å²) >= 11 is 3.38. The number of pyridine rings is 1. The predicted octanol–water partition coefficient (Wildman–Crippen LogP) is 4.36. The van der Waals surface area contributed by atoms with Crippen LogP contribution in [-0.4, -0.2) is 10.5 Å². The zero-order valence-electron chi connectivity index (χ0n) is 14.0. The van der Waals surface area contributed by atoms with Crippen LogP contribution in [0.15, 0.2) is 70.1 Å².